The lowest BCUT2D eigenvalue weighted by Gasteiger charge is -2.00. The summed E-state index contributed by atoms with van der Waals surface area (Å²) in [4.78, 5) is 17.1. The molecule has 1 aromatic heterocycles. The molecule has 3 rings (SSSR count). The van der Waals surface area contributed by atoms with Crippen LogP contribution >= 0.6 is 32.3 Å². The van der Waals surface area contributed by atoms with Crippen molar-refractivity contribution in [1.29, 1.82) is 0 Å². The molecule has 0 aliphatic rings. The third-order valence-corrected chi connectivity index (χ3v) is 4.84. The van der Waals surface area contributed by atoms with Crippen LogP contribution in [0, 0.1) is 0 Å². The second-order valence-corrected chi connectivity index (χ2v) is 6.46. The quantitative estimate of drug-likeness (QED) is 0.660. The summed E-state index contributed by atoms with van der Waals surface area (Å²) in [7, 11) is 2.54. The van der Waals surface area contributed by atoms with E-state index in [2.05, 4.69) is 4.99 Å². The Morgan fingerprint density at radius 3 is 2.35 bits per heavy atom. The Bertz CT molecular complexity index is 832. The first-order valence-corrected chi connectivity index (χ1v) is 8.35. The lowest BCUT2D eigenvalue weighted by atomic mass is 10.3. The Balaban J connectivity index is 2.17. The molecule has 0 saturated carbocycles. The summed E-state index contributed by atoms with van der Waals surface area (Å²) in [6.45, 7) is 0. The van der Waals surface area contributed by atoms with Crippen molar-refractivity contribution >= 4 is 38.0 Å². The smallest absolute Gasteiger partial charge is 0.255 e. The molecule has 0 aliphatic carbocycles. The monoisotopic (exact) mass is 320 g/mol. The number of benzene rings is 2. The average molecular weight is 321 g/mol. The van der Waals surface area contributed by atoms with Crippen molar-refractivity contribution in [3.05, 3.63) is 74.1 Å². The zero-order valence-corrected chi connectivity index (χ0v) is 12.6. The molecule has 0 amide bonds. The Labute approximate surface area is 127 Å². The van der Waals surface area contributed by atoms with Crippen molar-refractivity contribution in [3.8, 4) is 5.69 Å². The Morgan fingerprint density at radius 2 is 1.65 bits per heavy atom. The molecule has 0 atom stereocenters. The van der Waals surface area contributed by atoms with E-state index in [9.17, 15) is 4.79 Å². The standard InChI is InChI=1S/C14H9ClN2OS2/c15-10-6-8-11(9-7-10)16-13-17(14(18)20-19-13)12-4-2-1-3-5-12/h1-9H. The van der Waals surface area contributed by atoms with Crippen LogP contribution in [0.15, 0.2) is 64.4 Å². The molecule has 20 heavy (non-hydrogen) atoms. The van der Waals surface area contributed by atoms with E-state index in [0.717, 1.165) is 11.4 Å². The van der Waals surface area contributed by atoms with Gasteiger partial charge in [0.15, 0.2) is 0 Å². The fourth-order valence-corrected chi connectivity index (χ4v) is 3.71. The first-order chi connectivity index (χ1) is 9.74. The lowest BCUT2D eigenvalue weighted by Crippen LogP contribution is -2.22. The van der Waals surface area contributed by atoms with E-state index < -0.39 is 0 Å². The van der Waals surface area contributed by atoms with Crippen LogP contribution < -0.4 is 9.67 Å². The number of halogens is 1. The zero-order valence-electron chi connectivity index (χ0n) is 10.2. The highest BCUT2D eigenvalue weighted by Gasteiger charge is 2.05. The second-order valence-electron chi connectivity index (χ2n) is 3.97. The van der Waals surface area contributed by atoms with Crippen LogP contribution in [0.4, 0.5) is 5.69 Å². The first kappa shape index (κ1) is 13.3. The topological polar surface area (TPSA) is 34.4 Å². The molecule has 0 saturated heterocycles. The van der Waals surface area contributed by atoms with Gasteiger partial charge in [-0.3, -0.25) is 4.79 Å². The third kappa shape index (κ3) is 2.75. The number of nitrogens with zero attached hydrogens (tertiary/aromatic N) is 2. The average Bonchev–Trinajstić information content (AvgIpc) is 2.83. The molecule has 0 aliphatic heterocycles. The predicted molar refractivity (Wildman–Crippen MR) is 84.5 cm³/mol. The van der Waals surface area contributed by atoms with Gasteiger partial charge in [-0.05, 0) is 57.1 Å². The molecule has 6 heteroatoms. The minimum absolute atomic E-state index is 0.0334. The van der Waals surface area contributed by atoms with Crippen LogP contribution in [0.1, 0.15) is 0 Å². The maximum atomic E-state index is 12.0. The third-order valence-electron chi connectivity index (χ3n) is 2.63. The summed E-state index contributed by atoms with van der Waals surface area (Å²) < 4.78 is 1.62. The Morgan fingerprint density at radius 1 is 0.950 bits per heavy atom. The molecule has 2 aromatic carbocycles. The summed E-state index contributed by atoms with van der Waals surface area (Å²) >= 11 is 5.85. The van der Waals surface area contributed by atoms with Crippen molar-refractivity contribution in [2.75, 3.05) is 0 Å². The van der Waals surface area contributed by atoms with Crippen molar-refractivity contribution in [3.63, 3.8) is 0 Å². The van der Waals surface area contributed by atoms with Gasteiger partial charge in [-0.2, -0.15) is 0 Å². The number of hydrogen-bond acceptors (Lipinski definition) is 4. The largest absolute Gasteiger partial charge is 0.323 e. The van der Waals surface area contributed by atoms with Gasteiger partial charge in [0.25, 0.3) is 0 Å². The highest BCUT2D eigenvalue weighted by molar-refractivity contribution is 7.67. The predicted octanol–water partition coefficient (Wildman–Crippen LogP) is 3.85. The maximum absolute atomic E-state index is 12.0. The van der Waals surface area contributed by atoms with E-state index in [1.165, 1.54) is 20.7 Å². The number of aromatic nitrogens is 1. The fourth-order valence-electron chi connectivity index (χ4n) is 1.71. The maximum Gasteiger partial charge on any atom is 0.323 e. The van der Waals surface area contributed by atoms with Gasteiger partial charge in [0.2, 0.25) is 4.80 Å². The van der Waals surface area contributed by atoms with Gasteiger partial charge < -0.3 is 0 Å². The first-order valence-electron chi connectivity index (χ1n) is 5.82. The number of para-hydroxylation sites is 1. The van der Waals surface area contributed by atoms with Gasteiger partial charge in [-0.15, -0.1) is 0 Å². The minimum Gasteiger partial charge on any atom is -0.255 e. The molecule has 0 fully saturated rings. The van der Waals surface area contributed by atoms with Gasteiger partial charge in [0.05, 0.1) is 11.4 Å². The molecule has 0 radical (unpaired) electrons. The molecular formula is C14H9ClN2OS2. The van der Waals surface area contributed by atoms with Crippen molar-refractivity contribution in [1.82, 2.24) is 4.57 Å². The minimum atomic E-state index is -0.0334. The Kier molecular flexibility index (Phi) is 3.82. The summed E-state index contributed by atoms with van der Waals surface area (Å²) in [6.07, 6.45) is 0. The SMILES string of the molecule is O=c1ssc(=Nc2ccc(Cl)cc2)n1-c1ccccc1. The number of rotatable bonds is 2. The van der Waals surface area contributed by atoms with Gasteiger partial charge in [0, 0.05) is 5.02 Å². The van der Waals surface area contributed by atoms with Crippen molar-refractivity contribution in [2.24, 2.45) is 4.99 Å². The Hall–Kier alpha value is -1.69. The molecular weight excluding hydrogens is 312 g/mol. The van der Waals surface area contributed by atoms with Crippen molar-refractivity contribution in [2.45, 2.75) is 0 Å². The zero-order chi connectivity index (χ0) is 13.9. The molecule has 3 aromatic rings. The second kappa shape index (κ2) is 5.75. The van der Waals surface area contributed by atoms with Crippen LogP contribution in [-0.4, -0.2) is 4.57 Å². The highest BCUT2D eigenvalue weighted by atomic mass is 35.5. The molecule has 0 unspecified atom stereocenters. The summed E-state index contributed by atoms with van der Waals surface area (Å²) in [5, 5.41) is 0.665. The molecule has 3 nitrogen and oxygen atoms in total. The molecule has 0 N–H and O–H groups in total. The van der Waals surface area contributed by atoms with E-state index >= 15 is 0 Å². The fraction of sp³-hybridized carbons (Fsp3) is 0. The molecule has 1 heterocycles. The number of hydrogen-bond donors (Lipinski definition) is 0. The van der Waals surface area contributed by atoms with E-state index in [-0.39, 0.29) is 4.87 Å². The van der Waals surface area contributed by atoms with Crippen LogP contribution in [0.3, 0.4) is 0 Å². The molecule has 100 valence electrons. The summed E-state index contributed by atoms with van der Waals surface area (Å²) in [5.41, 5.74) is 1.59. The van der Waals surface area contributed by atoms with E-state index in [4.69, 9.17) is 11.6 Å². The van der Waals surface area contributed by atoms with Crippen molar-refractivity contribution < 1.29 is 0 Å². The van der Waals surface area contributed by atoms with Crippen LogP contribution in [0.2, 0.25) is 5.02 Å². The van der Waals surface area contributed by atoms with Gasteiger partial charge in [0.1, 0.15) is 0 Å². The van der Waals surface area contributed by atoms with E-state index in [1.54, 1.807) is 16.7 Å². The summed E-state index contributed by atoms with van der Waals surface area (Å²) in [5.74, 6) is 0. The molecule has 0 spiro atoms. The lowest BCUT2D eigenvalue weighted by molar-refractivity contribution is 0.975. The van der Waals surface area contributed by atoms with Crippen LogP contribution in [0.25, 0.3) is 5.69 Å². The van der Waals surface area contributed by atoms with E-state index in [0.29, 0.717) is 9.82 Å². The van der Waals surface area contributed by atoms with Gasteiger partial charge in [-0.1, -0.05) is 29.8 Å². The van der Waals surface area contributed by atoms with E-state index in [1.807, 2.05) is 42.5 Å². The van der Waals surface area contributed by atoms with Gasteiger partial charge in [-0.25, -0.2) is 9.56 Å². The van der Waals surface area contributed by atoms with Crippen LogP contribution in [0.5, 0.6) is 0 Å². The highest BCUT2D eigenvalue weighted by Crippen LogP contribution is 2.16. The molecule has 0 bridgehead atoms. The summed E-state index contributed by atoms with van der Waals surface area (Å²) in [6, 6.07) is 16.7. The normalized spacial score (nSPS) is 11.8. The van der Waals surface area contributed by atoms with Crippen LogP contribution in [-0.2, 0) is 0 Å². The van der Waals surface area contributed by atoms with Gasteiger partial charge >= 0.3 is 4.87 Å².